The third kappa shape index (κ3) is 27.1. The molecule has 0 fully saturated rings. The molecule has 3 radical (unpaired) electrons. The molecule has 0 unspecified atom stereocenters. The van der Waals surface area contributed by atoms with Gasteiger partial charge in [0.15, 0.2) is 0 Å². The van der Waals surface area contributed by atoms with Gasteiger partial charge in [0.05, 0.1) is 29.3 Å². The standard InChI is InChI=1S/C12H13NO4.C10H9NO4.C4H8.C3H6O.CH4.B.FH/c1-2-3-4-5-12(14)17-11-8-6-10(7-9-11)13(15)16;1-2-3-10(12)15-9-6-4-8(5-7-9)11(13)14;1-3-4-2;1-2-3-4;;;/h3-4,6-9H,2,5H2,1H3;2,4-7H,1,3H2;3H,1,4H2,2H3;2,4H,1,3H2;1H4;;1H/b4-3+;;;;;;. The Kier molecular flexibility index (Phi) is 35.2. The second-order valence-electron chi connectivity index (χ2n) is 7.19. The third-order valence-electron chi connectivity index (χ3n) is 3.97. The first-order chi connectivity index (χ1) is 19.1. The van der Waals surface area contributed by atoms with E-state index >= 15 is 0 Å². The summed E-state index contributed by atoms with van der Waals surface area (Å²) in [6.07, 6.45) is 10.6. The van der Waals surface area contributed by atoms with Gasteiger partial charge in [-0.2, -0.15) is 0 Å². The van der Waals surface area contributed by atoms with Gasteiger partial charge in [0.1, 0.15) is 11.5 Å². The van der Waals surface area contributed by atoms with Crippen LogP contribution in [0.15, 0.2) is 98.6 Å². The third-order valence-corrected chi connectivity index (χ3v) is 3.97. The van der Waals surface area contributed by atoms with Crippen molar-refractivity contribution < 1.29 is 38.7 Å². The van der Waals surface area contributed by atoms with E-state index in [-0.39, 0.29) is 63.1 Å². The number of esters is 2. The fourth-order valence-corrected chi connectivity index (χ4v) is 2.08. The molecule has 0 aliphatic carbocycles. The van der Waals surface area contributed by atoms with Gasteiger partial charge in [0, 0.05) is 32.7 Å². The molecule has 0 atom stereocenters. The van der Waals surface area contributed by atoms with E-state index in [1.165, 1.54) is 60.7 Å². The molecular formula is C30H41BFN2O9. The van der Waals surface area contributed by atoms with Crippen molar-refractivity contribution in [2.45, 2.75) is 47.0 Å². The van der Waals surface area contributed by atoms with Crippen molar-refractivity contribution in [3.8, 4) is 11.5 Å². The molecule has 0 amide bonds. The van der Waals surface area contributed by atoms with E-state index in [1.54, 1.807) is 6.08 Å². The largest absolute Gasteiger partial charge is 0.426 e. The molecule has 0 heterocycles. The molecular weight excluding hydrogens is 562 g/mol. The Hall–Kier alpha value is -4.91. The predicted octanol–water partition coefficient (Wildman–Crippen LogP) is 7.09. The number of aliphatic hydroxyl groups is 1. The number of nitro groups is 2. The number of non-ortho nitro benzene ring substituents is 2. The smallest absolute Gasteiger partial charge is 0.315 e. The number of benzene rings is 2. The van der Waals surface area contributed by atoms with Gasteiger partial charge in [-0.3, -0.25) is 34.5 Å². The maximum absolute atomic E-state index is 11.3. The molecule has 0 spiro atoms. The fraction of sp³-hybridized carbons (Fsp3) is 0.267. The van der Waals surface area contributed by atoms with Crippen LogP contribution < -0.4 is 9.47 Å². The number of hydrogen-bond donors (Lipinski definition) is 1. The first kappa shape index (κ1) is 47.9. The summed E-state index contributed by atoms with van der Waals surface area (Å²) in [6, 6.07) is 10.7. The molecule has 1 N–H and O–H groups in total. The van der Waals surface area contributed by atoms with E-state index < -0.39 is 15.8 Å². The van der Waals surface area contributed by atoms with Crippen LogP contribution in [-0.2, 0) is 9.59 Å². The molecule has 0 aromatic heterocycles. The molecule has 0 saturated carbocycles. The van der Waals surface area contributed by atoms with Gasteiger partial charge < -0.3 is 14.6 Å². The van der Waals surface area contributed by atoms with Gasteiger partial charge in [-0.25, -0.2) is 0 Å². The van der Waals surface area contributed by atoms with Gasteiger partial charge >= 0.3 is 11.9 Å². The number of nitrogens with zero attached hydrogens (tertiary/aromatic N) is 2. The fourth-order valence-electron chi connectivity index (χ4n) is 2.08. The Morgan fingerprint density at radius 3 is 1.35 bits per heavy atom. The van der Waals surface area contributed by atoms with Crippen molar-refractivity contribution in [3.05, 3.63) is 119 Å². The van der Waals surface area contributed by atoms with Crippen LogP contribution in [0.25, 0.3) is 0 Å². The molecule has 43 heavy (non-hydrogen) atoms. The average molecular weight is 603 g/mol. The summed E-state index contributed by atoms with van der Waals surface area (Å²) in [5, 5.41) is 28.5. The topological polar surface area (TPSA) is 159 Å². The molecule has 0 aliphatic rings. The molecule has 13 heteroatoms. The van der Waals surface area contributed by atoms with Crippen LogP contribution in [0.2, 0.25) is 0 Å². The molecule has 0 bridgehead atoms. The van der Waals surface area contributed by atoms with Crippen molar-refractivity contribution >= 4 is 31.7 Å². The summed E-state index contributed by atoms with van der Waals surface area (Å²) in [4.78, 5) is 42.0. The lowest BCUT2D eigenvalue weighted by atomic mass is 10.3. The van der Waals surface area contributed by atoms with Gasteiger partial charge in [0.25, 0.3) is 11.4 Å². The highest BCUT2D eigenvalue weighted by Gasteiger charge is 2.08. The highest BCUT2D eigenvalue weighted by molar-refractivity contribution is 5.75. The predicted molar refractivity (Wildman–Crippen MR) is 169 cm³/mol. The Labute approximate surface area is 254 Å². The van der Waals surface area contributed by atoms with Crippen LogP contribution in [0.3, 0.4) is 0 Å². The zero-order chi connectivity index (χ0) is 30.8. The normalized spacial score (nSPS) is 8.53. The number of ether oxygens (including phenoxy) is 2. The second kappa shape index (κ2) is 31.6. The summed E-state index contributed by atoms with van der Waals surface area (Å²) in [7, 11) is 0. The lowest BCUT2D eigenvalue weighted by molar-refractivity contribution is -0.385. The Bertz CT molecular complexity index is 1100. The van der Waals surface area contributed by atoms with Gasteiger partial charge in [-0.1, -0.05) is 51.7 Å². The Morgan fingerprint density at radius 2 is 1.09 bits per heavy atom. The SMILES string of the molecule is C.C=CCC.C=CCC(=O)Oc1ccc([N+](=O)[O-])cc1.C=CCO.CC/C=C/CC(=O)Oc1ccc([N+](=O)[O-])cc1.F.[B]. The molecule has 2 aromatic carbocycles. The van der Waals surface area contributed by atoms with Gasteiger partial charge in [0.2, 0.25) is 0 Å². The summed E-state index contributed by atoms with van der Waals surface area (Å²) in [6.45, 7) is 14.2. The van der Waals surface area contributed by atoms with Crippen LogP contribution in [0.4, 0.5) is 16.1 Å². The monoisotopic (exact) mass is 603 g/mol. The molecule has 2 rings (SSSR count). The highest BCUT2D eigenvalue weighted by atomic mass is 19.0. The van der Waals surface area contributed by atoms with Crippen molar-refractivity contribution in [2.75, 3.05) is 6.61 Å². The average Bonchev–Trinajstić information content (AvgIpc) is 2.94. The minimum atomic E-state index is -0.519. The lowest BCUT2D eigenvalue weighted by Crippen LogP contribution is -2.06. The number of rotatable bonds is 11. The highest BCUT2D eigenvalue weighted by Crippen LogP contribution is 2.18. The van der Waals surface area contributed by atoms with E-state index in [1.807, 2.05) is 19.1 Å². The maximum atomic E-state index is 11.3. The summed E-state index contributed by atoms with van der Waals surface area (Å²) < 4.78 is 9.84. The van der Waals surface area contributed by atoms with Crippen LogP contribution >= 0.6 is 0 Å². The lowest BCUT2D eigenvalue weighted by Gasteiger charge is -2.01. The maximum Gasteiger partial charge on any atom is 0.315 e. The van der Waals surface area contributed by atoms with Crippen LogP contribution in [0.5, 0.6) is 11.5 Å². The number of aliphatic hydroxyl groups excluding tert-OH is 1. The van der Waals surface area contributed by atoms with Gasteiger partial charge in [-0.15, -0.1) is 19.7 Å². The second-order valence-corrected chi connectivity index (χ2v) is 7.19. The molecule has 11 nitrogen and oxygen atoms in total. The number of carbonyl (C=O) groups excluding carboxylic acids is 2. The first-order valence-corrected chi connectivity index (χ1v) is 12.1. The molecule has 0 aliphatic heterocycles. The van der Waals surface area contributed by atoms with Crippen LogP contribution in [0, 0.1) is 20.2 Å². The van der Waals surface area contributed by atoms with Crippen LogP contribution in [-0.4, -0.2) is 41.9 Å². The van der Waals surface area contributed by atoms with Crippen molar-refractivity contribution in [2.24, 2.45) is 0 Å². The minimum absolute atomic E-state index is 0. The van der Waals surface area contributed by atoms with E-state index in [9.17, 15) is 29.8 Å². The zero-order valence-electron chi connectivity index (χ0n) is 23.8. The zero-order valence-corrected chi connectivity index (χ0v) is 23.8. The molecule has 2 aromatic rings. The van der Waals surface area contributed by atoms with E-state index in [0.29, 0.717) is 5.75 Å². The number of nitro benzene ring substituents is 2. The van der Waals surface area contributed by atoms with E-state index in [2.05, 4.69) is 26.7 Å². The van der Waals surface area contributed by atoms with E-state index in [4.69, 9.17) is 14.6 Å². The quantitative estimate of drug-likeness (QED) is 0.0706. The van der Waals surface area contributed by atoms with E-state index in [0.717, 1.165) is 12.8 Å². The van der Waals surface area contributed by atoms with Crippen molar-refractivity contribution in [1.82, 2.24) is 0 Å². The van der Waals surface area contributed by atoms with Crippen molar-refractivity contribution in [1.29, 1.82) is 0 Å². The number of allylic oxidation sites excluding steroid dienone is 2. The van der Waals surface area contributed by atoms with Crippen molar-refractivity contribution in [3.63, 3.8) is 0 Å². The Morgan fingerprint density at radius 1 is 0.744 bits per heavy atom. The van der Waals surface area contributed by atoms with Crippen LogP contribution in [0.1, 0.15) is 47.0 Å². The summed E-state index contributed by atoms with van der Waals surface area (Å²) in [5.74, 6) is -0.236. The number of carbonyl (C=O) groups is 2. The summed E-state index contributed by atoms with van der Waals surface area (Å²) >= 11 is 0. The number of hydrogen-bond acceptors (Lipinski definition) is 9. The van der Waals surface area contributed by atoms with Gasteiger partial charge in [-0.05, 0) is 37.1 Å². The Balaban J connectivity index is -0.000000170. The number of halogens is 1. The minimum Gasteiger partial charge on any atom is -0.426 e. The molecule has 235 valence electrons. The first-order valence-electron chi connectivity index (χ1n) is 12.1. The summed E-state index contributed by atoms with van der Waals surface area (Å²) in [5.41, 5.74) is -0.0748. The molecule has 0 saturated heterocycles.